The molecule has 0 saturated carbocycles. The van der Waals surface area contributed by atoms with Gasteiger partial charge in [0, 0.05) is 12.1 Å². The van der Waals surface area contributed by atoms with Crippen LogP contribution >= 0.6 is 0 Å². The SMILES string of the molecule is CC[n+]1ccccc1.[Cl-].[Cl-].[Zn+]. The van der Waals surface area contributed by atoms with Crippen molar-refractivity contribution in [3.8, 4) is 0 Å². The van der Waals surface area contributed by atoms with Crippen LogP contribution < -0.4 is 29.4 Å². The number of nitrogens with zero attached hydrogens (tertiary/aromatic N) is 1. The van der Waals surface area contributed by atoms with Crippen molar-refractivity contribution in [2.24, 2.45) is 0 Å². The van der Waals surface area contributed by atoms with Gasteiger partial charge in [0.15, 0.2) is 12.4 Å². The average Bonchev–Trinajstić information content (AvgIpc) is 1.90. The molecule has 1 nitrogen and oxygen atoms in total. The smallest absolute Gasteiger partial charge is 1.00 e. The summed E-state index contributed by atoms with van der Waals surface area (Å²) in [5.41, 5.74) is 0. The van der Waals surface area contributed by atoms with Crippen LogP contribution in [0.2, 0.25) is 0 Å². The third-order valence-electron chi connectivity index (χ3n) is 1.14. The molecule has 0 aromatic carbocycles. The van der Waals surface area contributed by atoms with Gasteiger partial charge >= 0.3 is 19.5 Å². The third-order valence-corrected chi connectivity index (χ3v) is 1.14. The number of pyridine rings is 1. The van der Waals surface area contributed by atoms with E-state index in [-0.39, 0.29) is 44.3 Å². The number of hydrogen-bond acceptors (Lipinski definition) is 0. The van der Waals surface area contributed by atoms with Crippen LogP contribution in [-0.2, 0) is 26.0 Å². The molecule has 0 amide bonds. The monoisotopic (exact) mass is 242 g/mol. The number of halogens is 2. The topological polar surface area (TPSA) is 3.88 Å². The summed E-state index contributed by atoms with van der Waals surface area (Å²) in [6.45, 7) is 3.18. The molecule has 0 atom stereocenters. The molecule has 0 aliphatic rings. The van der Waals surface area contributed by atoms with Gasteiger partial charge in [-0.05, 0) is 6.92 Å². The first-order valence-corrected chi connectivity index (χ1v) is 2.87. The Kier molecular flexibility index (Phi) is 16.4. The summed E-state index contributed by atoms with van der Waals surface area (Å²) in [5, 5.41) is 0. The number of aromatic nitrogens is 1. The molecular formula is C7H10Cl2NZn. The zero-order chi connectivity index (χ0) is 5.82. The second-order valence-corrected chi connectivity index (χ2v) is 1.71. The van der Waals surface area contributed by atoms with E-state index in [1.165, 1.54) is 0 Å². The molecule has 0 N–H and O–H groups in total. The van der Waals surface area contributed by atoms with Gasteiger partial charge in [-0.15, -0.1) is 0 Å². The van der Waals surface area contributed by atoms with Crippen molar-refractivity contribution in [1.29, 1.82) is 0 Å². The number of hydrogen-bond donors (Lipinski definition) is 0. The Balaban J connectivity index is -0.000000213. The predicted molar refractivity (Wildman–Crippen MR) is 32.3 cm³/mol. The fourth-order valence-electron chi connectivity index (χ4n) is 0.645. The van der Waals surface area contributed by atoms with Gasteiger partial charge in [-0.3, -0.25) is 0 Å². The maximum Gasteiger partial charge on any atom is 1.00 e. The molecule has 11 heavy (non-hydrogen) atoms. The van der Waals surface area contributed by atoms with Crippen LogP contribution in [0.3, 0.4) is 0 Å². The summed E-state index contributed by atoms with van der Waals surface area (Å²) in [6.07, 6.45) is 4.11. The molecule has 1 aromatic heterocycles. The van der Waals surface area contributed by atoms with E-state index in [0.717, 1.165) is 6.54 Å². The second kappa shape index (κ2) is 10.4. The minimum absolute atomic E-state index is 0. The minimum Gasteiger partial charge on any atom is -1.00 e. The normalized spacial score (nSPS) is 6.64. The molecule has 0 bridgehead atoms. The fraction of sp³-hybridized carbons (Fsp3) is 0.286. The molecule has 59 valence electrons. The van der Waals surface area contributed by atoms with E-state index in [9.17, 15) is 0 Å². The Morgan fingerprint density at radius 2 is 1.45 bits per heavy atom. The summed E-state index contributed by atoms with van der Waals surface area (Å²) < 4.78 is 2.12. The summed E-state index contributed by atoms with van der Waals surface area (Å²) in [6, 6.07) is 6.08. The van der Waals surface area contributed by atoms with Crippen LogP contribution in [0.25, 0.3) is 0 Å². The second-order valence-electron chi connectivity index (χ2n) is 1.71. The number of aryl methyl sites for hydroxylation is 1. The van der Waals surface area contributed by atoms with Crippen molar-refractivity contribution in [3.05, 3.63) is 30.6 Å². The van der Waals surface area contributed by atoms with Crippen LogP contribution in [0.1, 0.15) is 6.92 Å². The van der Waals surface area contributed by atoms with Crippen molar-refractivity contribution in [1.82, 2.24) is 0 Å². The largest absolute Gasteiger partial charge is 1.00 e. The summed E-state index contributed by atoms with van der Waals surface area (Å²) >= 11 is 0. The molecule has 0 aliphatic heterocycles. The molecule has 0 fully saturated rings. The predicted octanol–water partition coefficient (Wildman–Crippen LogP) is -5.00. The van der Waals surface area contributed by atoms with Crippen LogP contribution in [-0.4, -0.2) is 0 Å². The van der Waals surface area contributed by atoms with Gasteiger partial charge in [-0.2, -0.15) is 0 Å². The van der Waals surface area contributed by atoms with E-state index in [2.05, 4.69) is 23.9 Å². The Morgan fingerprint density at radius 1 is 1.00 bits per heavy atom. The van der Waals surface area contributed by atoms with Gasteiger partial charge in [0.1, 0.15) is 6.54 Å². The Bertz CT molecular complexity index is 158. The van der Waals surface area contributed by atoms with Crippen LogP contribution in [0.5, 0.6) is 0 Å². The van der Waals surface area contributed by atoms with E-state index >= 15 is 0 Å². The molecule has 0 unspecified atom stereocenters. The van der Waals surface area contributed by atoms with E-state index in [4.69, 9.17) is 0 Å². The van der Waals surface area contributed by atoms with E-state index in [0.29, 0.717) is 0 Å². The van der Waals surface area contributed by atoms with E-state index in [1.54, 1.807) is 0 Å². The maximum absolute atomic E-state index is 2.12. The fourth-order valence-corrected chi connectivity index (χ4v) is 0.645. The molecule has 1 aromatic rings. The zero-order valence-electron chi connectivity index (χ0n) is 6.50. The van der Waals surface area contributed by atoms with Gasteiger partial charge < -0.3 is 24.8 Å². The van der Waals surface area contributed by atoms with Gasteiger partial charge in [-0.1, -0.05) is 6.07 Å². The van der Waals surface area contributed by atoms with Crippen LogP contribution in [0.4, 0.5) is 0 Å². The zero-order valence-corrected chi connectivity index (χ0v) is 11.0. The first-order valence-electron chi connectivity index (χ1n) is 2.87. The third kappa shape index (κ3) is 6.74. The van der Waals surface area contributed by atoms with E-state index in [1.807, 2.05) is 18.2 Å². The van der Waals surface area contributed by atoms with Crippen molar-refractivity contribution in [3.63, 3.8) is 0 Å². The Morgan fingerprint density at radius 3 is 1.73 bits per heavy atom. The molecule has 0 spiro atoms. The quantitative estimate of drug-likeness (QED) is 0.344. The molecule has 1 rings (SSSR count). The molecule has 0 aliphatic carbocycles. The number of rotatable bonds is 1. The van der Waals surface area contributed by atoms with E-state index < -0.39 is 0 Å². The van der Waals surface area contributed by atoms with Crippen molar-refractivity contribution >= 4 is 0 Å². The van der Waals surface area contributed by atoms with Crippen LogP contribution in [0.15, 0.2) is 30.6 Å². The van der Waals surface area contributed by atoms with Gasteiger partial charge in [0.05, 0.1) is 0 Å². The summed E-state index contributed by atoms with van der Waals surface area (Å²) in [4.78, 5) is 0. The molecule has 1 heterocycles. The average molecular weight is 244 g/mol. The van der Waals surface area contributed by atoms with Crippen molar-refractivity contribution < 1.29 is 48.9 Å². The Hall–Kier alpha value is 0.353. The van der Waals surface area contributed by atoms with Crippen molar-refractivity contribution in [2.75, 3.05) is 0 Å². The molecule has 4 heteroatoms. The summed E-state index contributed by atoms with van der Waals surface area (Å²) in [7, 11) is 0. The van der Waals surface area contributed by atoms with Crippen molar-refractivity contribution in [2.45, 2.75) is 13.5 Å². The van der Waals surface area contributed by atoms with Gasteiger partial charge in [0.25, 0.3) is 0 Å². The minimum atomic E-state index is 0. The van der Waals surface area contributed by atoms with Gasteiger partial charge in [0.2, 0.25) is 0 Å². The summed E-state index contributed by atoms with van der Waals surface area (Å²) in [5.74, 6) is 0. The maximum atomic E-state index is 2.12. The molecular weight excluding hydrogens is 234 g/mol. The first-order chi connectivity index (χ1) is 3.93. The molecule has 0 saturated heterocycles. The standard InChI is InChI=1S/C7H10N.2ClH.Zn/c1-2-8-6-4-3-5-7-8;;;/h3-7H,2H2,1H3;2*1H;/q+1;;;+1/p-2. The first kappa shape index (κ1) is 17.4. The van der Waals surface area contributed by atoms with Gasteiger partial charge in [-0.25, -0.2) is 4.57 Å². The Labute approximate surface area is 92.8 Å². The van der Waals surface area contributed by atoms with Crippen LogP contribution in [0, 0.1) is 0 Å². The molecule has 1 radical (unpaired) electrons.